The van der Waals surface area contributed by atoms with Gasteiger partial charge in [-0.1, -0.05) is 59.6 Å². The van der Waals surface area contributed by atoms with Crippen molar-refractivity contribution in [3.63, 3.8) is 0 Å². The fraction of sp³-hybridized carbons (Fsp3) is 0.914. The van der Waals surface area contributed by atoms with Crippen LogP contribution in [-0.4, -0.2) is 31.1 Å². The third-order valence-electron chi connectivity index (χ3n) is 14.9. The van der Waals surface area contributed by atoms with E-state index in [-0.39, 0.29) is 33.7 Å². The Balaban J connectivity index is 1.37. The van der Waals surface area contributed by atoms with E-state index in [0.717, 1.165) is 26.1 Å². The fourth-order valence-electron chi connectivity index (χ4n) is 12.0. The summed E-state index contributed by atoms with van der Waals surface area (Å²) in [7, 11) is 0. The molecule has 0 aromatic carbocycles. The molecule has 5 aliphatic carbocycles. The van der Waals surface area contributed by atoms with Gasteiger partial charge in [0, 0.05) is 17.8 Å². The van der Waals surface area contributed by atoms with Crippen LogP contribution in [0, 0.1) is 44.3 Å². The standard InChI is InChI=1S/C35H56O4/c1-23(36)39-28-13-14-32(6)24-12-15-34(8)27-22-31(5,35(9)37-20-21-38-35)18-16-30(27,4)17-19-33(34,7)25(24)10-11-26(32)29(28,2)3/h26-28H,10-22H2,1-9H3/t26?,27-,28+,30-,31-,32-,33-,34+/m1/s1. The molecule has 0 spiro atoms. The summed E-state index contributed by atoms with van der Waals surface area (Å²) in [5, 5.41) is 0. The summed E-state index contributed by atoms with van der Waals surface area (Å²) in [6.45, 7) is 23.1. The molecule has 4 heteroatoms. The van der Waals surface area contributed by atoms with Gasteiger partial charge in [-0.3, -0.25) is 4.79 Å². The third-order valence-corrected chi connectivity index (χ3v) is 14.9. The second-order valence-electron chi connectivity index (χ2n) is 16.8. The molecule has 1 heterocycles. The van der Waals surface area contributed by atoms with Crippen LogP contribution >= 0.6 is 0 Å². The van der Waals surface area contributed by atoms with Gasteiger partial charge in [0.05, 0.1) is 13.2 Å². The topological polar surface area (TPSA) is 44.8 Å². The second-order valence-corrected chi connectivity index (χ2v) is 16.8. The summed E-state index contributed by atoms with van der Waals surface area (Å²) in [5.74, 6) is 0.677. The summed E-state index contributed by atoms with van der Waals surface area (Å²) >= 11 is 0. The van der Waals surface area contributed by atoms with Crippen molar-refractivity contribution >= 4 is 5.97 Å². The monoisotopic (exact) mass is 540 g/mol. The number of allylic oxidation sites excluding steroid dienone is 2. The SMILES string of the molecule is CC(=O)O[C@H]1CC[C@]2(C)C3=C(CCC2C1(C)C)[C@@]1(C)CC[C@@]2(C)CC[C@@](C)(C4(C)OCCO4)C[C@H]2[C@]1(C)CC3. The van der Waals surface area contributed by atoms with Gasteiger partial charge in [0.2, 0.25) is 0 Å². The Bertz CT molecular complexity index is 1070. The van der Waals surface area contributed by atoms with Gasteiger partial charge in [-0.25, -0.2) is 0 Å². The van der Waals surface area contributed by atoms with Crippen LogP contribution in [0.25, 0.3) is 0 Å². The first-order valence-corrected chi connectivity index (χ1v) is 16.2. The quantitative estimate of drug-likeness (QED) is 0.260. The number of carbonyl (C=O) groups is 1. The summed E-state index contributed by atoms with van der Waals surface area (Å²) in [6, 6.07) is 0. The first-order valence-electron chi connectivity index (χ1n) is 16.2. The minimum Gasteiger partial charge on any atom is -0.462 e. The van der Waals surface area contributed by atoms with Crippen LogP contribution in [-0.2, 0) is 19.0 Å². The van der Waals surface area contributed by atoms with Gasteiger partial charge in [-0.05, 0) is 111 Å². The van der Waals surface area contributed by atoms with E-state index in [1.54, 1.807) is 6.92 Å². The largest absolute Gasteiger partial charge is 0.462 e. The van der Waals surface area contributed by atoms with Gasteiger partial charge in [0.1, 0.15) is 6.10 Å². The van der Waals surface area contributed by atoms with Crippen molar-refractivity contribution in [2.75, 3.05) is 13.2 Å². The Morgan fingerprint density at radius 3 is 2.10 bits per heavy atom. The van der Waals surface area contributed by atoms with E-state index in [4.69, 9.17) is 14.2 Å². The van der Waals surface area contributed by atoms with Gasteiger partial charge in [0.15, 0.2) is 5.79 Å². The van der Waals surface area contributed by atoms with Crippen molar-refractivity contribution in [2.45, 2.75) is 145 Å². The van der Waals surface area contributed by atoms with Crippen LogP contribution in [0.3, 0.4) is 0 Å². The molecule has 4 nitrogen and oxygen atoms in total. The summed E-state index contributed by atoms with van der Waals surface area (Å²) < 4.78 is 18.6. The van der Waals surface area contributed by atoms with E-state index in [1.165, 1.54) is 57.8 Å². The van der Waals surface area contributed by atoms with Gasteiger partial charge >= 0.3 is 5.97 Å². The molecule has 1 aliphatic heterocycles. The molecule has 39 heavy (non-hydrogen) atoms. The molecule has 4 fully saturated rings. The van der Waals surface area contributed by atoms with Crippen molar-refractivity contribution in [1.82, 2.24) is 0 Å². The maximum absolute atomic E-state index is 11.9. The highest BCUT2D eigenvalue weighted by Gasteiger charge is 2.68. The first kappa shape index (κ1) is 28.3. The van der Waals surface area contributed by atoms with E-state index in [1.807, 2.05) is 11.1 Å². The predicted molar refractivity (Wildman–Crippen MR) is 155 cm³/mol. The zero-order valence-electron chi connectivity index (χ0n) is 26.6. The van der Waals surface area contributed by atoms with Crippen molar-refractivity contribution in [3.8, 4) is 0 Å². The lowest BCUT2D eigenvalue weighted by atomic mass is 9.35. The number of hydrogen-bond acceptors (Lipinski definition) is 4. The Hall–Kier alpha value is -0.870. The van der Waals surface area contributed by atoms with Crippen molar-refractivity contribution < 1.29 is 19.0 Å². The molecule has 0 N–H and O–H groups in total. The van der Waals surface area contributed by atoms with Crippen molar-refractivity contribution in [3.05, 3.63) is 11.1 Å². The van der Waals surface area contributed by atoms with Crippen LogP contribution in [0.4, 0.5) is 0 Å². The Kier molecular flexibility index (Phi) is 6.22. The second kappa shape index (κ2) is 8.59. The number of carbonyl (C=O) groups excluding carboxylic acids is 1. The molecule has 8 atom stereocenters. The predicted octanol–water partition coefficient (Wildman–Crippen LogP) is 8.63. The Morgan fingerprint density at radius 1 is 0.769 bits per heavy atom. The Labute approximate surface area is 238 Å². The molecule has 220 valence electrons. The van der Waals surface area contributed by atoms with Crippen molar-refractivity contribution in [1.29, 1.82) is 0 Å². The molecule has 6 aliphatic rings. The normalized spacial score (nSPS) is 50.3. The molecule has 0 radical (unpaired) electrons. The van der Waals surface area contributed by atoms with Crippen LogP contribution in [0.1, 0.15) is 133 Å². The molecule has 0 aromatic rings. The molecule has 1 unspecified atom stereocenters. The minimum absolute atomic E-state index is 0.00586. The summed E-state index contributed by atoms with van der Waals surface area (Å²) in [4.78, 5) is 11.9. The molecular weight excluding hydrogens is 484 g/mol. The van der Waals surface area contributed by atoms with Crippen LogP contribution in [0.15, 0.2) is 11.1 Å². The van der Waals surface area contributed by atoms with Gasteiger partial charge in [-0.2, -0.15) is 0 Å². The number of hydrogen-bond donors (Lipinski definition) is 0. The lowest BCUT2D eigenvalue weighted by Crippen LogP contribution is -2.63. The highest BCUT2D eigenvalue weighted by Crippen LogP contribution is 2.75. The van der Waals surface area contributed by atoms with E-state index >= 15 is 0 Å². The maximum Gasteiger partial charge on any atom is 0.302 e. The zero-order chi connectivity index (χ0) is 28.3. The lowest BCUT2D eigenvalue weighted by molar-refractivity contribution is -0.259. The number of rotatable bonds is 2. The van der Waals surface area contributed by atoms with Crippen LogP contribution in [0.2, 0.25) is 0 Å². The molecule has 1 saturated heterocycles. The van der Waals surface area contributed by atoms with E-state index in [0.29, 0.717) is 22.7 Å². The molecule has 0 bridgehead atoms. The fourth-order valence-corrected chi connectivity index (χ4v) is 12.0. The highest BCUT2D eigenvalue weighted by atomic mass is 16.7. The minimum atomic E-state index is -0.449. The van der Waals surface area contributed by atoms with Crippen LogP contribution in [0.5, 0.6) is 0 Å². The van der Waals surface area contributed by atoms with Crippen LogP contribution < -0.4 is 0 Å². The third kappa shape index (κ3) is 3.64. The summed E-state index contributed by atoms with van der Waals surface area (Å²) in [6.07, 6.45) is 13.6. The number of ether oxygens (including phenoxy) is 3. The maximum atomic E-state index is 11.9. The lowest BCUT2D eigenvalue weighted by Gasteiger charge is -2.70. The first-order chi connectivity index (χ1) is 18.0. The highest BCUT2D eigenvalue weighted by molar-refractivity contribution is 5.66. The van der Waals surface area contributed by atoms with E-state index < -0.39 is 5.79 Å². The zero-order valence-corrected chi connectivity index (χ0v) is 26.6. The molecular formula is C35H56O4. The van der Waals surface area contributed by atoms with Crippen molar-refractivity contribution in [2.24, 2.45) is 44.3 Å². The number of fused-ring (bicyclic) bond motifs is 6. The number of esters is 1. The average molecular weight is 541 g/mol. The van der Waals surface area contributed by atoms with Gasteiger partial charge < -0.3 is 14.2 Å². The van der Waals surface area contributed by atoms with Gasteiger partial charge in [-0.15, -0.1) is 0 Å². The van der Waals surface area contributed by atoms with E-state index in [2.05, 4.69) is 55.4 Å². The Morgan fingerprint density at radius 2 is 1.44 bits per heavy atom. The smallest absolute Gasteiger partial charge is 0.302 e. The average Bonchev–Trinajstić information content (AvgIpc) is 3.31. The molecule has 0 aromatic heterocycles. The summed E-state index contributed by atoms with van der Waals surface area (Å²) in [5.41, 5.74) is 4.90. The molecule has 0 amide bonds. The molecule has 6 rings (SSSR count). The van der Waals surface area contributed by atoms with Gasteiger partial charge in [0.25, 0.3) is 0 Å². The van der Waals surface area contributed by atoms with E-state index in [9.17, 15) is 4.79 Å². The molecule has 3 saturated carbocycles.